The summed E-state index contributed by atoms with van der Waals surface area (Å²) in [7, 11) is 0. The Bertz CT molecular complexity index is 414. The number of carbonyl (C=O) groups excluding carboxylic acids is 1. The fourth-order valence-corrected chi connectivity index (χ4v) is 2.35. The highest BCUT2D eigenvalue weighted by Crippen LogP contribution is 2.12. The van der Waals surface area contributed by atoms with Gasteiger partial charge in [0.1, 0.15) is 5.75 Å². The Morgan fingerprint density at radius 2 is 1.77 bits per heavy atom. The van der Waals surface area contributed by atoms with Gasteiger partial charge >= 0.3 is 0 Å². The molecule has 0 bridgehead atoms. The summed E-state index contributed by atoms with van der Waals surface area (Å²) in [5.74, 6) is 0.940. The lowest BCUT2D eigenvalue weighted by molar-refractivity contribution is -0.120. The van der Waals surface area contributed by atoms with Crippen LogP contribution in [-0.2, 0) is 11.2 Å². The second-order valence-electron chi connectivity index (χ2n) is 5.34. The van der Waals surface area contributed by atoms with Crippen molar-refractivity contribution in [1.29, 1.82) is 0 Å². The summed E-state index contributed by atoms with van der Waals surface area (Å²) in [5, 5.41) is 2.99. The first kappa shape index (κ1) is 18.5. The predicted octanol–water partition coefficient (Wildman–Crippen LogP) is 2.87. The van der Waals surface area contributed by atoms with Crippen molar-refractivity contribution in [2.75, 3.05) is 32.8 Å². The van der Waals surface area contributed by atoms with E-state index in [4.69, 9.17) is 4.74 Å². The first-order valence-corrected chi connectivity index (χ1v) is 8.40. The van der Waals surface area contributed by atoms with Crippen LogP contribution in [-0.4, -0.2) is 43.6 Å². The molecule has 0 aliphatic heterocycles. The number of carbonyl (C=O) groups is 1. The highest BCUT2D eigenvalue weighted by molar-refractivity contribution is 5.78. The van der Waals surface area contributed by atoms with Crippen molar-refractivity contribution in [1.82, 2.24) is 10.2 Å². The average Bonchev–Trinajstić information content (AvgIpc) is 2.53. The number of benzene rings is 1. The smallest absolute Gasteiger partial charge is 0.224 e. The van der Waals surface area contributed by atoms with Gasteiger partial charge < -0.3 is 15.0 Å². The number of amides is 1. The van der Waals surface area contributed by atoms with Crippen LogP contribution in [0, 0.1) is 0 Å². The van der Waals surface area contributed by atoms with Crippen LogP contribution in [0.25, 0.3) is 0 Å². The summed E-state index contributed by atoms with van der Waals surface area (Å²) < 4.78 is 5.39. The van der Waals surface area contributed by atoms with Crippen LogP contribution in [0.2, 0.25) is 0 Å². The summed E-state index contributed by atoms with van der Waals surface area (Å²) in [6.45, 7) is 11.1. The SMILES string of the molecule is CCOc1ccc(CC(=O)NCCCCN(CC)CC)cc1. The van der Waals surface area contributed by atoms with Crippen LogP contribution in [0.15, 0.2) is 24.3 Å². The quantitative estimate of drug-likeness (QED) is 0.639. The van der Waals surface area contributed by atoms with Crippen molar-refractivity contribution in [3.63, 3.8) is 0 Å². The lowest BCUT2D eigenvalue weighted by Crippen LogP contribution is -2.28. The Morgan fingerprint density at radius 1 is 1.09 bits per heavy atom. The van der Waals surface area contributed by atoms with E-state index in [9.17, 15) is 4.79 Å². The van der Waals surface area contributed by atoms with Crippen molar-refractivity contribution < 1.29 is 9.53 Å². The van der Waals surface area contributed by atoms with Crippen molar-refractivity contribution in [3.05, 3.63) is 29.8 Å². The molecule has 0 atom stereocenters. The molecular weight excluding hydrogens is 276 g/mol. The fraction of sp³-hybridized carbons (Fsp3) is 0.611. The number of ether oxygens (including phenoxy) is 1. The summed E-state index contributed by atoms with van der Waals surface area (Å²) in [6, 6.07) is 7.72. The van der Waals surface area contributed by atoms with Gasteiger partial charge in [-0.1, -0.05) is 26.0 Å². The van der Waals surface area contributed by atoms with Gasteiger partial charge in [0.15, 0.2) is 0 Å². The number of nitrogens with one attached hydrogen (secondary N) is 1. The monoisotopic (exact) mass is 306 g/mol. The predicted molar refractivity (Wildman–Crippen MR) is 91.3 cm³/mol. The van der Waals surface area contributed by atoms with Crippen molar-refractivity contribution >= 4 is 5.91 Å². The van der Waals surface area contributed by atoms with Gasteiger partial charge in [-0.2, -0.15) is 0 Å². The standard InChI is InChI=1S/C18H30N2O2/c1-4-20(5-2)14-8-7-13-19-18(21)15-16-9-11-17(12-10-16)22-6-3/h9-12H,4-8,13-15H2,1-3H3,(H,19,21). The van der Waals surface area contributed by atoms with Gasteiger partial charge in [-0.05, 0) is 57.1 Å². The van der Waals surface area contributed by atoms with E-state index in [0.29, 0.717) is 13.0 Å². The van der Waals surface area contributed by atoms with Crippen LogP contribution in [0.4, 0.5) is 0 Å². The molecule has 0 aliphatic carbocycles. The van der Waals surface area contributed by atoms with Crippen LogP contribution in [0.5, 0.6) is 5.75 Å². The molecule has 0 aliphatic rings. The van der Waals surface area contributed by atoms with Gasteiger partial charge in [-0.25, -0.2) is 0 Å². The van der Waals surface area contributed by atoms with Crippen LogP contribution in [0.3, 0.4) is 0 Å². The van der Waals surface area contributed by atoms with Crippen molar-refractivity contribution in [3.8, 4) is 5.75 Å². The molecule has 1 amide bonds. The Morgan fingerprint density at radius 3 is 2.36 bits per heavy atom. The molecule has 4 nitrogen and oxygen atoms in total. The Labute approximate surface area is 134 Å². The zero-order chi connectivity index (χ0) is 16.2. The van der Waals surface area contributed by atoms with Gasteiger partial charge in [0, 0.05) is 6.54 Å². The highest BCUT2D eigenvalue weighted by Gasteiger charge is 2.04. The minimum Gasteiger partial charge on any atom is -0.494 e. The third kappa shape index (κ3) is 7.46. The number of unbranched alkanes of at least 4 members (excludes halogenated alkanes) is 1. The molecule has 0 heterocycles. The van der Waals surface area contributed by atoms with Gasteiger partial charge in [0.05, 0.1) is 13.0 Å². The number of hydrogen-bond acceptors (Lipinski definition) is 3. The van der Waals surface area contributed by atoms with Gasteiger partial charge in [0.2, 0.25) is 5.91 Å². The maximum absolute atomic E-state index is 11.9. The molecule has 0 fully saturated rings. The second kappa shape index (κ2) is 11.1. The largest absolute Gasteiger partial charge is 0.494 e. The van der Waals surface area contributed by atoms with E-state index >= 15 is 0 Å². The second-order valence-corrected chi connectivity index (χ2v) is 5.34. The molecule has 0 saturated carbocycles. The van der Waals surface area contributed by atoms with E-state index in [0.717, 1.165) is 50.3 Å². The first-order chi connectivity index (χ1) is 10.7. The van der Waals surface area contributed by atoms with E-state index < -0.39 is 0 Å². The zero-order valence-corrected chi connectivity index (χ0v) is 14.2. The van der Waals surface area contributed by atoms with E-state index in [2.05, 4.69) is 24.1 Å². The third-order valence-corrected chi connectivity index (χ3v) is 3.72. The van der Waals surface area contributed by atoms with E-state index in [1.807, 2.05) is 31.2 Å². The molecule has 0 aromatic heterocycles. The van der Waals surface area contributed by atoms with Crippen molar-refractivity contribution in [2.45, 2.75) is 40.0 Å². The molecule has 1 N–H and O–H groups in total. The topological polar surface area (TPSA) is 41.6 Å². The highest BCUT2D eigenvalue weighted by atomic mass is 16.5. The number of hydrogen-bond donors (Lipinski definition) is 1. The average molecular weight is 306 g/mol. The molecule has 1 rings (SSSR count). The summed E-state index contributed by atoms with van der Waals surface area (Å²) in [4.78, 5) is 14.3. The molecular formula is C18H30N2O2. The molecule has 0 unspecified atom stereocenters. The molecule has 0 saturated heterocycles. The molecule has 1 aromatic carbocycles. The molecule has 0 spiro atoms. The van der Waals surface area contributed by atoms with E-state index in [-0.39, 0.29) is 5.91 Å². The molecule has 0 radical (unpaired) electrons. The Balaban J connectivity index is 2.17. The first-order valence-electron chi connectivity index (χ1n) is 8.40. The van der Waals surface area contributed by atoms with Gasteiger partial charge in [0.25, 0.3) is 0 Å². The summed E-state index contributed by atoms with van der Waals surface area (Å²) in [5.41, 5.74) is 1.02. The van der Waals surface area contributed by atoms with Crippen molar-refractivity contribution in [2.24, 2.45) is 0 Å². The fourth-order valence-electron chi connectivity index (χ4n) is 2.35. The maximum Gasteiger partial charge on any atom is 0.224 e. The van der Waals surface area contributed by atoms with Crippen LogP contribution in [0.1, 0.15) is 39.2 Å². The number of rotatable bonds is 11. The minimum atomic E-state index is 0.0898. The molecule has 4 heteroatoms. The minimum absolute atomic E-state index is 0.0898. The summed E-state index contributed by atoms with van der Waals surface area (Å²) >= 11 is 0. The zero-order valence-electron chi connectivity index (χ0n) is 14.2. The third-order valence-electron chi connectivity index (χ3n) is 3.72. The van der Waals surface area contributed by atoms with Crippen LogP contribution < -0.4 is 10.1 Å². The Kier molecular flexibility index (Phi) is 9.31. The van der Waals surface area contributed by atoms with Gasteiger partial charge in [-0.15, -0.1) is 0 Å². The molecule has 1 aromatic rings. The maximum atomic E-state index is 11.9. The van der Waals surface area contributed by atoms with E-state index in [1.54, 1.807) is 0 Å². The van der Waals surface area contributed by atoms with Gasteiger partial charge in [-0.3, -0.25) is 4.79 Å². The van der Waals surface area contributed by atoms with Crippen LogP contribution >= 0.6 is 0 Å². The summed E-state index contributed by atoms with van der Waals surface area (Å²) in [6.07, 6.45) is 2.60. The lowest BCUT2D eigenvalue weighted by atomic mass is 10.1. The lowest BCUT2D eigenvalue weighted by Gasteiger charge is -2.17. The number of nitrogens with zero attached hydrogens (tertiary/aromatic N) is 1. The molecule has 22 heavy (non-hydrogen) atoms. The Hall–Kier alpha value is -1.55. The normalized spacial score (nSPS) is 10.7. The van der Waals surface area contributed by atoms with E-state index in [1.165, 1.54) is 0 Å². The molecule has 124 valence electrons.